The van der Waals surface area contributed by atoms with Crippen LogP contribution in [-0.4, -0.2) is 51.3 Å². The van der Waals surface area contributed by atoms with E-state index in [0.29, 0.717) is 0 Å². The van der Waals surface area contributed by atoms with Gasteiger partial charge in [-0.1, -0.05) is 0 Å². The monoisotopic (exact) mass is 304 g/mol. The van der Waals surface area contributed by atoms with Crippen LogP contribution in [0.2, 0.25) is 0 Å². The Hall–Kier alpha value is -1.91. The number of nitrogens with zero attached hydrogens (tertiary/aromatic N) is 3. The van der Waals surface area contributed by atoms with Crippen molar-refractivity contribution in [1.29, 1.82) is 0 Å². The summed E-state index contributed by atoms with van der Waals surface area (Å²) in [4.78, 5) is 18.6. The second-order valence-corrected chi connectivity index (χ2v) is 4.57. The number of rotatable bonds is 4. The Labute approximate surface area is 117 Å². The van der Waals surface area contributed by atoms with Gasteiger partial charge in [0.15, 0.2) is 6.23 Å². The summed E-state index contributed by atoms with van der Waals surface area (Å²) in [6.07, 6.45) is -5.30. The van der Waals surface area contributed by atoms with Gasteiger partial charge in [0.25, 0.3) is 0 Å². The van der Waals surface area contributed by atoms with Gasteiger partial charge in [0.05, 0.1) is 12.5 Å². The molecule has 1 fully saturated rings. The molecule has 0 unspecified atom stereocenters. The molecule has 116 valence electrons. The van der Waals surface area contributed by atoms with E-state index in [1.54, 1.807) is 0 Å². The van der Waals surface area contributed by atoms with Crippen molar-refractivity contribution in [3.8, 4) is 0 Å². The Morgan fingerprint density at radius 2 is 2.33 bits per heavy atom. The highest BCUT2D eigenvalue weighted by Gasteiger charge is 2.58. The molecule has 0 saturated carbocycles. The number of aliphatic imine (C=N–C) groups is 1. The average molecular weight is 304 g/mol. The first-order valence-electron chi connectivity index (χ1n) is 5.93. The standard InChI is InChI=1S/C11H14F2N4O4/c1-15-11(4-18)7(19)6(8(12)13)9(21-11)17-3-2-5(14)16-10(17)20/h2-3,6-9,18-19H,1,4H2,(H2,14,16,20)/t6-,7+,9-,11-/m1/s1. The molecule has 1 aliphatic heterocycles. The van der Waals surface area contributed by atoms with Crippen LogP contribution >= 0.6 is 0 Å². The topological polar surface area (TPSA) is 123 Å². The van der Waals surface area contributed by atoms with Gasteiger partial charge in [-0.15, -0.1) is 0 Å². The lowest BCUT2D eigenvalue weighted by Gasteiger charge is -2.25. The van der Waals surface area contributed by atoms with Crippen LogP contribution < -0.4 is 11.4 Å². The minimum absolute atomic E-state index is 0.0846. The van der Waals surface area contributed by atoms with Crippen LogP contribution in [0.5, 0.6) is 0 Å². The molecule has 0 aliphatic carbocycles. The van der Waals surface area contributed by atoms with Crippen LogP contribution in [-0.2, 0) is 4.74 Å². The highest BCUT2D eigenvalue weighted by molar-refractivity contribution is 5.27. The molecular weight excluding hydrogens is 290 g/mol. The van der Waals surface area contributed by atoms with E-state index in [0.717, 1.165) is 10.8 Å². The van der Waals surface area contributed by atoms with Gasteiger partial charge < -0.3 is 20.7 Å². The summed E-state index contributed by atoms with van der Waals surface area (Å²) in [5.74, 6) is -1.87. The molecule has 4 N–H and O–H groups in total. The summed E-state index contributed by atoms with van der Waals surface area (Å²) < 4.78 is 32.4. The molecule has 0 radical (unpaired) electrons. The molecule has 2 heterocycles. The van der Waals surface area contributed by atoms with Gasteiger partial charge in [-0.05, 0) is 12.8 Å². The fourth-order valence-electron chi connectivity index (χ4n) is 2.25. The van der Waals surface area contributed by atoms with E-state index in [-0.39, 0.29) is 5.82 Å². The third-order valence-electron chi connectivity index (χ3n) is 3.39. The van der Waals surface area contributed by atoms with Crippen molar-refractivity contribution in [2.75, 3.05) is 12.3 Å². The SMILES string of the molecule is C=N[C@]1(CO)O[C@@H](n2ccc(N)nc2=O)[C@@H](C(F)F)[C@@H]1O. The zero-order valence-corrected chi connectivity index (χ0v) is 10.8. The molecule has 4 atom stereocenters. The number of alkyl halides is 2. The lowest BCUT2D eigenvalue weighted by atomic mass is 9.96. The molecule has 1 aromatic rings. The van der Waals surface area contributed by atoms with Crippen LogP contribution in [0, 0.1) is 5.92 Å². The summed E-state index contributed by atoms with van der Waals surface area (Å²) in [6.45, 7) is 2.27. The summed E-state index contributed by atoms with van der Waals surface area (Å²) in [7, 11) is 0. The quantitative estimate of drug-likeness (QED) is 0.612. The van der Waals surface area contributed by atoms with Crippen LogP contribution in [0.3, 0.4) is 0 Å². The van der Waals surface area contributed by atoms with Gasteiger partial charge in [-0.2, -0.15) is 4.98 Å². The Kier molecular flexibility index (Phi) is 4.03. The third kappa shape index (κ3) is 2.41. The van der Waals surface area contributed by atoms with E-state index < -0.39 is 42.7 Å². The Morgan fingerprint density at radius 3 is 2.81 bits per heavy atom. The highest BCUT2D eigenvalue weighted by Crippen LogP contribution is 2.44. The molecule has 1 aromatic heterocycles. The Bertz CT molecular complexity index is 596. The normalized spacial score (nSPS) is 32.5. The number of aromatic nitrogens is 2. The Morgan fingerprint density at radius 1 is 1.67 bits per heavy atom. The number of hydrogen-bond donors (Lipinski definition) is 3. The molecule has 8 nitrogen and oxygen atoms in total. The fraction of sp³-hybridized carbons (Fsp3) is 0.545. The van der Waals surface area contributed by atoms with Crippen molar-refractivity contribution < 1.29 is 23.7 Å². The fourth-order valence-corrected chi connectivity index (χ4v) is 2.25. The molecular formula is C11H14F2N4O4. The number of nitrogen functional groups attached to an aromatic ring is 1. The van der Waals surface area contributed by atoms with Crippen LogP contribution in [0.25, 0.3) is 0 Å². The molecule has 2 rings (SSSR count). The lowest BCUT2D eigenvalue weighted by molar-refractivity contribution is -0.123. The average Bonchev–Trinajstić information content (AvgIpc) is 2.72. The van der Waals surface area contributed by atoms with Gasteiger partial charge in [0, 0.05) is 6.20 Å². The summed E-state index contributed by atoms with van der Waals surface area (Å²) in [6, 6.07) is 1.22. The number of halogens is 2. The number of ether oxygens (including phenoxy) is 1. The molecule has 0 bridgehead atoms. The molecule has 1 aliphatic rings. The van der Waals surface area contributed by atoms with Gasteiger partial charge in [-0.25, -0.2) is 13.6 Å². The maximum atomic E-state index is 13.2. The number of nitrogens with two attached hydrogens (primary N) is 1. The number of hydrogen-bond acceptors (Lipinski definition) is 7. The van der Waals surface area contributed by atoms with E-state index in [1.165, 1.54) is 6.07 Å². The van der Waals surface area contributed by atoms with Crippen molar-refractivity contribution in [2.45, 2.75) is 24.5 Å². The molecule has 0 spiro atoms. The third-order valence-corrected chi connectivity index (χ3v) is 3.39. The minimum Gasteiger partial charge on any atom is -0.391 e. The Balaban J connectivity index is 2.51. The van der Waals surface area contributed by atoms with Crippen LogP contribution in [0.15, 0.2) is 22.1 Å². The summed E-state index contributed by atoms with van der Waals surface area (Å²) in [5.41, 5.74) is 2.38. The van der Waals surface area contributed by atoms with E-state index in [4.69, 9.17) is 10.5 Å². The molecule has 1 saturated heterocycles. The maximum Gasteiger partial charge on any atom is 0.351 e. The zero-order valence-electron chi connectivity index (χ0n) is 10.8. The first-order chi connectivity index (χ1) is 9.86. The van der Waals surface area contributed by atoms with Gasteiger partial charge in [-0.3, -0.25) is 9.56 Å². The highest BCUT2D eigenvalue weighted by atomic mass is 19.3. The van der Waals surface area contributed by atoms with Crippen molar-refractivity contribution in [2.24, 2.45) is 10.9 Å². The maximum absolute atomic E-state index is 13.2. The largest absolute Gasteiger partial charge is 0.391 e. The van der Waals surface area contributed by atoms with Crippen molar-refractivity contribution in [3.05, 3.63) is 22.7 Å². The second kappa shape index (κ2) is 5.47. The number of aliphatic hydroxyl groups is 2. The predicted molar refractivity (Wildman–Crippen MR) is 67.9 cm³/mol. The molecule has 10 heteroatoms. The van der Waals surface area contributed by atoms with Crippen molar-refractivity contribution >= 4 is 12.5 Å². The predicted octanol–water partition coefficient (Wildman–Crippen LogP) is -1.01. The van der Waals surface area contributed by atoms with Crippen molar-refractivity contribution in [1.82, 2.24) is 9.55 Å². The van der Waals surface area contributed by atoms with E-state index in [1.807, 2.05) is 0 Å². The zero-order chi connectivity index (χ0) is 15.8. The lowest BCUT2D eigenvalue weighted by Crippen LogP contribution is -2.44. The second-order valence-electron chi connectivity index (χ2n) is 4.57. The number of anilines is 1. The first-order valence-corrected chi connectivity index (χ1v) is 5.93. The molecule has 0 aromatic carbocycles. The van der Waals surface area contributed by atoms with Gasteiger partial charge in [0.2, 0.25) is 12.2 Å². The van der Waals surface area contributed by atoms with Gasteiger partial charge in [0.1, 0.15) is 11.9 Å². The van der Waals surface area contributed by atoms with E-state index >= 15 is 0 Å². The summed E-state index contributed by atoms with van der Waals surface area (Å²) >= 11 is 0. The minimum atomic E-state index is -3.02. The van der Waals surface area contributed by atoms with Crippen LogP contribution in [0.1, 0.15) is 6.23 Å². The number of aliphatic hydroxyl groups excluding tert-OH is 2. The molecule has 0 amide bonds. The van der Waals surface area contributed by atoms with Crippen molar-refractivity contribution in [3.63, 3.8) is 0 Å². The molecule has 21 heavy (non-hydrogen) atoms. The first kappa shape index (κ1) is 15.5. The van der Waals surface area contributed by atoms with Gasteiger partial charge >= 0.3 is 5.69 Å². The van der Waals surface area contributed by atoms with E-state index in [2.05, 4.69) is 16.7 Å². The van der Waals surface area contributed by atoms with Crippen LogP contribution in [0.4, 0.5) is 14.6 Å². The summed E-state index contributed by atoms with van der Waals surface area (Å²) in [5, 5.41) is 19.3. The van der Waals surface area contributed by atoms with E-state index in [9.17, 15) is 23.8 Å². The smallest absolute Gasteiger partial charge is 0.351 e.